The summed E-state index contributed by atoms with van der Waals surface area (Å²) in [6.45, 7) is 4.60. The van der Waals surface area contributed by atoms with Gasteiger partial charge in [0.05, 0.1) is 6.61 Å². The van der Waals surface area contributed by atoms with E-state index in [1.807, 2.05) is 29.1 Å². The first-order valence-corrected chi connectivity index (χ1v) is 8.54. The maximum absolute atomic E-state index is 13.5. The van der Waals surface area contributed by atoms with Crippen LogP contribution in [0.1, 0.15) is 22.9 Å². The number of aryl methyl sites for hydroxylation is 1. The van der Waals surface area contributed by atoms with Crippen LogP contribution in [0.5, 0.6) is 0 Å². The minimum absolute atomic E-state index is 0.0599. The van der Waals surface area contributed by atoms with Crippen molar-refractivity contribution < 1.29 is 9.13 Å². The maximum Gasteiger partial charge on any atom is 0.138 e. The lowest BCUT2D eigenvalue weighted by Gasteiger charge is -2.22. The Morgan fingerprint density at radius 3 is 2.84 bits per heavy atom. The number of benzene rings is 2. The molecule has 1 atom stereocenters. The Labute approximate surface area is 147 Å². The molecule has 2 heterocycles. The number of rotatable bonds is 4. The van der Waals surface area contributed by atoms with E-state index in [-0.39, 0.29) is 12.0 Å². The summed E-state index contributed by atoms with van der Waals surface area (Å²) in [4.78, 5) is 2.33. The van der Waals surface area contributed by atoms with E-state index in [1.165, 1.54) is 23.3 Å². The van der Waals surface area contributed by atoms with Gasteiger partial charge < -0.3 is 9.30 Å². The Kier molecular flexibility index (Phi) is 4.38. The van der Waals surface area contributed by atoms with Crippen LogP contribution in [-0.4, -0.2) is 22.6 Å². The third-order valence-electron chi connectivity index (χ3n) is 4.56. The first kappa shape index (κ1) is 16.1. The molecule has 4 heteroatoms. The molecule has 0 aliphatic carbocycles. The molecule has 0 spiro atoms. The Balaban J connectivity index is 1.54. The standard InChI is InChI=1S/C21H21FN2O/c1-16-4-2-5-17(12-16)14-24-10-11-25-21(24)18-8-9-23(15-18)20-7-3-6-19(22)13-20/h2-9,12-13,15,21H,10-11,14H2,1H3. The third kappa shape index (κ3) is 3.50. The largest absolute Gasteiger partial charge is 0.357 e. The second kappa shape index (κ2) is 6.82. The molecule has 0 saturated carbocycles. The zero-order chi connectivity index (χ0) is 17.2. The fourth-order valence-corrected chi connectivity index (χ4v) is 3.37. The van der Waals surface area contributed by atoms with Gasteiger partial charge in [0.15, 0.2) is 0 Å². The van der Waals surface area contributed by atoms with Gasteiger partial charge in [-0.25, -0.2) is 4.39 Å². The lowest BCUT2D eigenvalue weighted by atomic mass is 10.1. The zero-order valence-electron chi connectivity index (χ0n) is 14.2. The van der Waals surface area contributed by atoms with Crippen molar-refractivity contribution in [3.05, 3.63) is 89.5 Å². The van der Waals surface area contributed by atoms with Crippen LogP contribution in [0.15, 0.2) is 67.0 Å². The number of halogens is 1. The summed E-state index contributed by atoms with van der Waals surface area (Å²) >= 11 is 0. The summed E-state index contributed by atoms with van der Waals surface area (Å²) in [5.41, 5.74) is 4.47. The zero-order valence-corrected chi connectivity index (χ0v) is 14.2. The normalized spacial score (nSPS) is 17.9. The minimum atomic E-state index is -0.231. The Bertz CT molecular complexity index is 874. The molecule has 1 unspecified atom stereocenters. The smallest absolute Gasteiger partial charge is 0.138 e. The predicted octanol–water partition coefficient (Wildman–Crippen LogP) is 4.46. The van der Waals surface area contributed by atoms with Gasteiger partial charge in [0.25, 0.3) is 0 Å². The molecule has 3 nitrogen and oxygen atoms in total. The molecule has 128 valence electrons. The predicted molar refractivity (Wildman–Crippen MR) is 96.0 cm³/mol. The third-order valence-corrected chi connectivity index (χ3v) is 4.56. The summed E-state index contributed by atoms with van der Waals surface area (Å²) in [5.74, 6) is -0.231. The van der Waals surface area contributed by atoms with Gasteiger partial charge in [-0.3, -0.25) is 4.90 Å². The highest BCUT2D eigenvalue weighted by Gasteiger charge is 2.27. The van der Waals surface area contributed by atoms with E-state index in [0.717, 1.165) is 30.9 Å². The summed E-state index contributed by atoms with van der Waals surface area (Å²) in [6, 6.07) is 17.2. The summed E-state index contributed by atoms with van der Waals surface area (Å²) in [6.07, 6.45) is 3.92. The van der Waals surface area contributed by atoms with Gasteiger partial charge >= 0.3 is 0 Å². The van der Waals surface area contributed by atoms with Gasteiger partial charge in [-0.1, -0.05) is 35.9 Å². The molecule has 1 aliphatic rings. The molecule has 1 saturated heterocycles. The van der Waals surface area contributed by atoms with Crippen molar-refractivity contribution in [2.75, 3.05) is 13.2 Å². The van der Waals surface area contributed by atoms with E-state index < -0.39 is 0 Å². The van der Waals surface area contributed by atoms with E-state index >= 15 is 0 Å². The molecule has 0 radical (unpaired) electrons. The van der Waals surface area contributed by atoms with E-state index in [2.05, 4.69) is 36.1 Å². The summed E-state index contributed by atoms with van der Waals surface area (Å²) < 4.78 is 21.4. The van der Waals surface area contributed by atoms with Crippen molar-refractivity contribution in [1.29, 1.82) is 0 Å². The van der Waals surface area contributed by atoms with Gasteiger partial charge in [0.1, 0.15) is 12.0 Å². The molecular formula is C21H21FN2O. The van der Waals surface area contributed by atoms with Gasteiger partial charge in [-0.2, -0.15) is 0 Å². The fourth-order valence-electron chi connectivity index (χ4n) is 3.37. The first-order valence-electron chi connectivity index (χ1n) is 8.54. The van der Waals surface area contributed by atoms with Crippen molar-refractivity contribution in [2.24, 2.45) is 0 Å². The summed E-state index contributed by atoms with van der Waals surface area (Å²) in [7, 11) is 0. The van der Waals surface area contributed by atoms with E-state index in [0.29, 0.717) is 0 Å². The van der Waals surface area contributed by atoms with Crippen LogP contribution in [0.25, 0.3) is 5.69 Å². The number of ether oxygens (including phenoxy) is 1. The van der Waals surface area contributed by atoms with Crippen molar-refractivity contribution in [2.45, 2.75) is 19.7 Å². The van der Waals surface area contributed by atoms with Crippen LogP contribution in [0.4, 0.5) is 4.39 Å². The lowest BCUT2D eigenvalue weighted by molar-refractivity contribution is 0.0288. The van der Waals surface area contributed by atoms with Crippen LogP contribution in [0.2, 0.25) is 0 Å². The van der Waals surface area contributed by atoms with Crippen molar-refractivity contribution in [3.63, 3.8) is 0 Å². The monoisotopic (exact) mass is 336 g/mol. The SMILES string of the molecule is Cc1cccc(CN2CCOC2c2ccn(-c3cccc(F)c3)c2)c1. The van der Waals surface area contributed by atoms with Crippen LogP contribution < -0.4 is 0 Å². The van der Waals surface area contributed by atoms with Gasteiger partial charge in [0, 0.05) is 36.7 Å². The highest BCUT2D eigenvalue weighted by Crippen LogP contribution is 2.29. The topological polar surface area (TPSA) is 17.4 Å². The molecular weight excluding hydrogens is 315 g/mol. The minimum Gasteiger partial charge on any atom is -0.357 e. The number of aromatic nitrogens is 1. The number of nitrogens with zero attached hydrogens (tertiary/aromatic N) is 2. The second-order valence-corrected chi connectivity index (χ2v) is 6.51. The van der Waals surface area contributed by atoms with Crippen molar-refractivity contribution in [3.8, 4) is 5.69 Å². The fraction of sp³-hybridized carbons (Fsp3) is 0.238. The average Bonchev–Trinajstić information content (AvgIpc) is 3.24. The molecule has 0 N–H and O–H groups in total. The van der Waals surface area contributed by atoms with Crippen LogP contribution in [0, 0.1) is 12.7 Å². The first-order chi connectivity index (χ1) is 12.2. The van der Waals surface area contributed by atoms with Gasteiger partial charge in [-0.15, -0.1) is 0 Å². The molecule has 1 aromatic heterocycles. The summed E-state index contributed by atoms with van der Waals surface area (Å²) in [5, 5.41) is 0. The van der Waals surface area contributed by atoms with Crippen LogP contribution >= 0.6 is 0 Å². The van der Waals surface area contributed by atoms with Gasteiger partial charge in [-0.05, 0) is 36.8 Å². The Morgan fingerprint density at radius 1 is 1.12 bits per heavy atom. The molecule has 1 fully saturated rings. The van der Waals surface area contributed by atoms with Crippen LogP contribution in [-0.2, 0) is 11.3 Å². The molecule has 1 aliphatic heterocycles. The molecule has 25 heavy (non-hydrogen) atoms. The van der Waals surface area contributed by atoms with Crippen molar-refractivity contribution >= 4 is 0 Å². The molecule has 3 aromatic rings. The molecule has 0 bridgehead atoms. The molecule has 0 amide bonds. The number of hydrogen-bond donors (Lipinski definition) is 0. The lowest BCUT2D eigenvalue weighted by Crippen LogP contribution is -2.23. The Morgan fingerprint density at radius 2 is 2.00 bits per heavy atom. The van der Waals surface area contributed by atoms with E-state index in [9.17, 15) is 4.39 Å². The molecule has 2 aromatic carbocycles. The average molecular weight is 336 g/mol. The quantitative estimate of drug-likeness (QED) is 0.700. The van der Waals surface area contributed by atoms with E-state index in [1.54, 1.807) is 6.07 Å². The second-order valence-electron chi connectivity index (χ2n) is 6.51. The van der Waals surface area contributed by atoms with Gasteiger partial charge in [0.2, 0.25) is 0 Å². The maximum atomic E-state index is 13.5. The number of hydrogen-bond acceptors (Lipinski definition) is 2. The molecule has 4 rings (SSSR count). The van der Waals surface area contributed by atoms with Crippen molar-refractivity contribution in [1.82, 2.24) is 9.47 Å². The highest BCUT2D eigenvalue weighted by atomic mass is 19.1. The van der Waals surface area contributed by atoms with Crippen LogP contribution in [0.3, 0.4) is 0 Å². The van der Waals surface area contributed by atoms with E-state index in [4.69, 9.17) is 4.74 Å². The Hall–Kier alpha value is -2.43. The highest BCUT2D eigenvalue weighted by molar-refractivity contribution is 5.34.